The summed E-state index contributed by atoms with van der Waals surface area (Å²) in [6.45, 7) is 4.35. The van der Waals surface area contributed by atoms with Crippen molar-refractivity contribution in [3.63, 3.8) is 0 Å². The summed E-state index contributed by atoms with van der Waals surface area (Å²) in [7, 11) is 0. The van der Waals surface area contributed by atoms with Crippen molar-refractivity contribution < 1.29 is 8.78 Å². The molecule has 0 spiro atoms. The van der Waals surface area contributed by atoms with E-state index in [4.69, 9.17) is 0 Å². The summed E-state index contributed by atoms with van der Waals surface area (Å²) in [6, 6.07) is 47.7. The minimum absolute atomic E-state index is 0.288. The number of benzene rings is 7. The number of hydrogen-bond donors (Lipinski definition) is 0. The van der Waals surface area contributed by atoms with E-state index in [1.54, 1.807) is 23.5 Å². The molecular weight excluding hydrogens is 659 g/mol. The molecule has 2 heterocycles. The van der Waals surface area contributed by atoms with Crippen molar-refractivity contribution in [2.75, 3.05) is 9.80 Å². The van der Waals surface area contributed by atoms with Gasteiger partial charge in [-0.3, -0.25) is 0 Å². The zero-order valence-corrected chi connectivity index (χ0v) is 29.0. The van der Waals surface area contributed by atoms with E-state index in [9.17, 15) is 8.78 Å². The van der Waals surface area contributed by atoms with E-state index in [2.05, 4.69) is 121 Å². The van der Waals surface area contributed by atoms with E-state index >= 15 is 0 Å². The summed E-state index contributed by atoms with van der Waals surface area (Å²) in [6.07, 6.45) is 0. The van der Waals surface area contributed by atoms with Crippen molar-refractivity contribution in [1.82, 2.24) is 0 Å². The van der Waals surface area contributed by atoms with Crippen LogP contribution < -0.4 is 9.80 Å². The van der Waals surface area contributed by atoms with Gasteiger partial charge in [-0.1, -0.05) is 96.3 Å². The highest BCUT2D eigenvalue weighted by Gasteiger charge is 2.35. The maximum absolute atomic E-state index is 14.5. The topological polar surface area (TPSA) is 6.48 Å². The molecule has 0 aliphatic carbocycles. The minimum atomic E-state index is -0.288. The van der Waals surface area contributed by atoms with Crippen molar-refractivity contribution in [3.05, 3.63) is 168 Å². The predicted molar refractivity (Wildman–Crippen MR) is 204 cm³/mol. The van der Waals surface area contributed by atoms with Crippen LogP contribution in [0.4, 0.5) is 42.9 Å². The fourth-order valence-corrected chi connectivity index (χ4v) is 9.47. The minimum Gasteiger partial charge on any atom is -0.307 e. The highest BCUT2D eigenvalue weighted by atomic mass is 32.2. The van der Waals surface area contributed by atoms with E-state index in [0.29, 0.717) is 0 Å². The average molecular weight is 689 g/mol. The van der Waals surface area contributed by atoms with E-state index in [-0.39, 0.29) is 11.6 Å². The van der Waals surface area contributed by atoms with Gasteiger partial charge in [-0.15, -0.1) is 0 Å². The Hall–Kier alpha value is -5.30. The Morgan fingerprint density at radius 1 is 0.380 bits per heavy atom. The van der Waals surface area contributed by atoms with Gasteiger partial charge in [0.25, 0.3) is 0 Å². The number of hydrogen-bond acceptors (Lipinski definition) is 4. The van der Waals surface area contributed by atoms with Gasteiger partial charge in [0.2, 0.25) is 0 Å². The lowest BCUT2D eigenvalue weighted by Crippen LogP contribution is -2.22. The van der Waals surface area contributed by atoms with Crippen molar-refractivity contribution in [2.45, 2.75) is 33.4 Å². The lowest BCUT2D eigenvalue weighted by atomic mass is 9.85. The number of nitrogens with zero attached hydrogens (tertiary/aromatic N) is 2. The molecule has 242 valence electrons. The Labute approximate surface area is 299 Å². The van der Waals surface area contributed by atoms with Crippen LogP contribution in [0.15, 0.2) is 165 Å². The van der Waals surface area contributed by atoms with Crippen LogP contribution in [-0.2, 0) is 0 Å². The predicted octanol–water partition coefficient (Wildman–Crippen LogP) is 13.8. The van der Waals surface area contributed by atoms with Crippen LogP contribution in [0.5, 0.6) is 0 Å². The third-order valence-electron chi connectivity index (χ3n) is 9.51. The van der Waals surface area contributed by atoms with Gasteiger partial charge < -0.3 is 9.80 Å². The standard InChI is InChI=1S/C44H30F2N2S2/c1-27-41(29-19-23-31(45)24-20-29)43(47-33-11-3-7-15-37(33)49-38-16-8-4-12-34(38)47)28(2)44(42(27)30-21-25-32(46)26-22-30)48-35-13-5-9-17-39(35)50-40-18-10-6-14-36(40)48/h3-26H,1-2H3. The van der Waals surface area contributed by atoms with Crippen LogP contribution >= 0.6 is 23.5 Å². The van der Waals surface area contributed by atoms with Crippen molar-refractivity contribution in [1.29, 1.82) is 0 Å². The van der Waals surface area contributed by atoms with E-state index in [1.165, 1.54) is 24.3 Å². The maximum atomic E-state index is 14.5. The Kier molecular flexibility index (Phi) is 7.52. The molecule has 2 nitrogen and oxygen atoms in total. The molecule has 9 rings (SSSR count). The van der Waals surface area contributed by atoms with Crippen LogP contribution in [0.3, 0.4) is 0 Å². The molecule has 0 atom stereocenters. The smallest absolute Gasteiger partial charge is 0.123 e. The molecule has 0 radical (unpaired) electrons. The summed E-state index contributed by atoms with van der Waals surface area (Å²) >= 11 is 3.54. The van der Waals surface area contributed by atoms with Crippen molar-refractivity contribution >= 4 is 57.6 Å². The molecule has 0 fully saturated rings. The Morgan fingerprint density at radius 2 is 0.680 bits per heavy atom. The lowest BCUT2D eigenvalue weighted by molar-refractivity contribution is 0.627. The monoisotopic (exact) mass is 688 g/mol. The first-order valence-electron chi connectivity index (χ1n) is 16.5. The van der Waals surface area contributed by atoms with Crippen LogP contribution in [0.25, 0.3) is 22.3 Å². The van der Waals surface area contributed by atoms with Crippen molar-refractivity contribution in [2.24, 2.45) is 0 Å². The molecule has 6 heteroatoms. The fourth-order valence-electron chi connectivity index (χ4n) is 7.36. The maximum Gasteiger partial charge on any atom is 0.123 e. The third-order valence-corrected chi connectivity index (χ3v) is 11.8. The Bertz CT molecular complexity index is 2180. The molecule has 0 N–H and O–H groups in total. The molecule has 0 bridgehead atoms. The molecule has 2 aliphatic heterocycles. The fraction of sp³-hybridized carbons (Fsp3) is 0.0455. The van der Waals surface area contributed by atoms with Gasteiger partial charge in [0.1, 0.15) is 11.6 Å². The molecule has 0 saturated heterocycles. The number of para-hydroxylation sites is 4. The SMILES string of the molecule is Cc1c(-c2ccc(F)cc2)c(N2c3ccccc3Sc3ccccc32)c(C)c(N2c3ccccc3Sc3ccccc32)c1-c1ccc(F)cc1. The second-order valence-electron chi connectivity index (χ2n) is 12.5. The van der Waals surface area contributed by atoms with Crippen LogP contribution in [0.1, 0.15) is 11.1 Å². The number of anilines is 6. The number of rotatable bonds is 4. The normalized spacial score (nSPS) is 13.0. The van der Waals surface area contributed by atoms with Gasteiger partial charge >= 0.3 is 0 Å². The number of halogens is 2. The molecular formula is C44H30F2N2S2. The van der Waals surface area contributed by atoms with Crippen LogP contribution in [0.2, 0.25) is 0 Å². The van der Waals surface area contributed by atoms with Crippen molar-refractivity contribution in [3.8, 4) is 22.3 Å². The first kappa shape index (κ1) is 30.7. The molecule has 0 saturated carbocycles. The summed E-state index contributed by atoms with van der Waals surface area (Å²) in [5.74, 6) is -0.576. The van der Waals surface area contributed by atoms with Gasteiger partial charge in [0, 0.05) is 30.7 Å². The molecule has 0 aromatic heterocycles. The van der Waals surface area contributed by atoms with Gasteiger partial charge in [0.05, 0.1) is 34.1 Å². The quantitative estimate of drug-likeness (QED) is 0.181. The highest BCUT2D eigenvalue weighted by molar-refractivity contribution is 8.00. The second-order valence-corrected chi connectivity index (χ2v) is 14.6. The average Bonchev–Trinajstić information content (AvgIpc) is 3.15. The van der Waals surface area contributed by atoms with Gasteiger partial charge in [-0.2, -0.15) is 0 Å². The molecule has 50 heavy (non-hydrogen) atoms. The summed E-state index contributed by atoms with van der Waals surface area (Å²) in [4.78, 5) is 9.39. The van der Waals surface area contributed by atoms with E-state index in [1.807, 2.05) is 24.3 Å². The Balaban J connectivity index is 1.47. The molecule has 7 aromatic carbocycles. The second kappa shape index (κ2) is 12.2. The number of fused-ring (bicyclic) bond motifs is 4. The molecule has 0 amide bonds. The van der Waals surface area contributed by atoms with E-state index in [0.717, 1.165) is 87.1 Å². The Morgan fingerprint density at radius 3 is 1.00 bits per heavy atom. The largest absolute Gasteiger partial charge is 0.307 e. The van der Waals surface area contributed by atoms with Gasteiger partial charge in [-0.25, -0.2) is 8.78 Å². The lowest BCUT2D eigenvalue weighted by Gasteiger charge is -2.40. The van der Waals surface area contributed by atoms with Gasteiger partial charge in [-0.05, 0) is 109 Å². The summed E-state index contributed by atoms with van der Waals surface area (Å²) < 4.78 is 29.1. The van der Waals surface area contributed by atoms with Gasteiger partial charge in [0.15, 0.2) is 0 Å². The zero-order valence-electron chi connectivity index (χ0n) is 27.3. The molecule has 0 unspecified atom stereocenters. The van der Waals surface area contributed by atoms with Crippen LogP contribution in [-0.4, -0.2) is 0 Å². The van der Waals surface area contributed by atoms with Crippen LogP contribution in [0, 0.1) is 25.5 Å². The molecule has 2 aliphatic rings. The zero-order chi connectivity index (χ0) is 33.9. The summed E-state index contributed by atoms with van der Waals surface area (Å²) in [5, 5.41) is 0. The first-order valence-corrected chi connectivity index (χ1v) is 18.1. The summed E-state index contributed by atoms with van der Waals surface area (Å²) in [5.41, 5.74) is 12.2. The third kappa shape index (κ3) is 4.93. The van der Waals surface area contributed by atoms with E-state index < -0.39 is 0 Å². The first-order chi connectivity index (χ1) is 24.5. The molecule has 7 aromatic rings. The highest BCUT2D eigenvalue weighted by Crippen LogP contribution is 2.60.